The highest BCUT2D eigenvalue weighted by atomic mass is 16.5. The molecule has 2 N–H and O–H groups in total. The molecule has 1 aromatic heterocycles. The minimum Gasteiger partial charge on any atom is -0.495 e. The zero-order valence-electron chi connectivity index (χ0n) is 16.0. The minimum atomic E-state index is -0.357. The molecule has 0 aliphatic heterocycles. The number of nitrogens with one attached hydrogen (secondary N) is 2. The second-order valence-electron chi connectivity index (χ2n) is 6.04. The SMILES string of the molecule is CCOc1ccc(Nc2ccc(C(=O)Nc3cc(C)ccc3OC)nn2)cc1. The van der Waals surface area contributed by atoms with E-state index in [1.807, 2.05) is 50.2 Å². The molecule has 1 heterocycles. The Labute approximate surface area is 163 Å². The second-order valence-corrected chi connectivity index (χ2v) is 6.04. The van der Waals surface area contributed by atoms with Crippen LogP contribution < -0.4 is 20.1 Å². The van der Waals surface area contributed by atoms with Gasteiger partial charge in [0.05, 0.1) is 19.4 Å². The smallest absolute Gasteiger partial charge is 0.276 e. The number of aryl methyl sites for hydroxylation is 1. The van der Waals surface area contributed by atoms with Crippen LogP contribution in [-0.4, -0.2) is 29.8 Å². The van der Waals surface area contributed by atoms with Crippen molar-refractivity contribution in [1.82, 2.24) is 10.2 Å². The number of methoxy groups -OCH3 is 1. The van der Waals surface area contributed by atoms with Crippen LogP contribution in [0.5, 0.6) is 11.5 Å². The molecule has 0 fully saturated rings. The van der Waals surface area contributed by atoms with E-state index in [2.05, 4.69) is 20.8 Å². The third-order valence-corrected chi connectivity index (χ3v) is 3.94. The van der Waals surface area contributed by atoms with Crippen LogP contribution in [0.1, 0.15) is 23.0 Å². The molecule has 0 aliphatic carbocycles. The first-order chi connectivity index (χ1) is 13.6. The lowest BCUT2D eigenvalue weighted by Crippen LogP contribution is -2.15. The average Bonchev–Trinajstić information content (AvgIpc) is 2.70. The van der Waals surface area contributed by atoms with E-state index in [4.69, 9.17) is 9.47 Å². The lowest BCUT2D eigenvalue weighted by Gasteiger charge is -2.11. The number of rotatable bonds is 7. The summed E-state index contributed by atoms with van der Waals surface area (Å²) in [4.78, 5) is 12.5. The van der Waals surface area contributed by atoms with E-state index < -0.39 is 0 Å². The highest BCUT2D eigenvalue weighted by molar-refractivity contribution is 6.03. The molecule has 0 bridgehead atoms. The van der Waals surface area contributed by atoms with Crippen LogP contribution in [0.3, 0.4) is 0 Å². The van der Waals surface area contributed by atoms with Crippen LogP contribution in [0.15, 0.2) is 54.6 Å². The maximum Gasteiger partial charge on any atom is 0.276 e. The molecule has 7 heteroatoms. The number of amides is 1. The van der Waals surface area contributed by atoms with Crippen molar-refractivity contribution in [3.63, 3.8) is 0 Å². The predicted molar refractivity (Wildman–Crippen MR) is 109 cm³/mol. The molecule has 144 valence electrons. The summed E-state index contributed by atoms with van der Waals surface area (Å²) >= 11 is 0. The van der Waals surface area contributed by atoms with Gasteiger partial charge in [0.15, 0.2) is 11.5 Å². The predicted octanol–water partition coefficient (Wildman–Crippen LogP) is 4.19. The summed E-state index contributed by atoms with van der Waals surface area (Å²) in [5.74, 6) is 1.57. The third kappa shape index (κ3) is 4.76. The topological polar surface area (TPSA) is 85.4 Å². The van der Waals surface area contributed by atoms with Crippen molar-refractivity contribution in [2.45, 2.75) is 13.8 Å². The number of aromatic nitrogens is 2. The van der Waals surface area contributed by atoms with E-state index >= 15 is 0 Å². The second kappa shape index (κ2) is 8.85. The van der Waals surface area contributed by atoms with Crippen LogP contribution >= 0.6 is 0 Å². The highest BCUT2D eigenvalue weighted by Crippen LogP contribution is 2.25. The number of ether oxygens (including phenoxy) is 2. The Kier molecular flexibility index (Phi) is 6.06. The first kappa shape index (κ1) is 19.2. The molecule has 0 atom stereocenters. The lowest BCUT2D eigenvalue weighted by molar-refractivity contribution is 0.102. The maximum absolute atomic E-state index is 12.5. The highest BCUT2D eigenvalue weighted by Gasteiger charge is 2.12. The molecule has 3 aromatic rings. The molecule has 0 unspecified atom stereocenters. The molecule has 1 amide bonds. The zero-order valence-corrected chi connectivity index (χ0v) is 16.0. The number of nitrogens with zero attached hydrogens (tertiary/aromatic N) is 2. The Hall–Kier alpha value is -3.61. The molecule has 0 spiro atoms. The average molecular weight is 378 g/mol. The summed E-state index contributed by atoms with van der Waals surface area (Å²) < 4.78 is 10.7. The molecule has 3 rings (SSSR count). The summed E-state index contributed by atoms with van der Waals surface area (Å²) in [7, 11) is 1.56. The molecule has 0 radical (unpaired) electrons. The van der Waals surface area contributed by atoms with Crippen LogP contribution in [0, 0.1) is 6.92 Å². The normalized spacial score (nSPS) is 10.2. The van der Waals surface area contributed by atoms with Gasteiger partial charge in [-0.3, -0.25) is 4.79 Å². The number of hydrogen-bond donors (Lipinski definition) is 2. The van der Waals surface area contributed by atoms with Crippen molar-refractivity contribution in [3.05, 3.63) is 65.9 Å². The van der Waals surface area contributed by atoms with E-state index in [9.17, 15) is 4.79 Å². The van der Waals surface area contributed by atoms with Crippen molar-refractivity contribution in [3.8, 4) is 11.5 Å². The minimum absolute atomic E-state index is 0.209. The number of carbonyl (C=O) groups is 1. The Bertz CT molecular complexity index is 941. The molecule has 2 aromatic carbocycles. The Morgan fingerprint density at radius 3 is 2.46 bits per heavy atom. The van der Waals surface area contributed by atoms with Gasteiger partial charge in [0.25, 0.3) is 5.91 Å². The van der Waals surface area contributed by atoms with Crippen LogP contribution in [-0.2, 0) is 0 Å². The van der Waals surface area contributed by atoms with Gasteiger partial charge in [-0.05, 0) is 67.9 Å². The molecule has 28 heavy (non-hydrogen) atoms. The third-order valence-electron chi connectivity index (χ3n) is 3.94. The first-order valence-corrected chi connectivity index (χ1v) is 8.88. The van der Waals surface area contributed by atoms with Gasteiger partial charge in [-0.15, -0.1) is 10.2 Å². The Morgan fingerprint density at radius 1 is 1.04 bits per heavy atom. The quantitative estimate of drug-likeness (QED) is 0.641. The summed E-state index contributed by atoms with van der Waals surface area (Å²) in [5.41, 5.74) is 2.66. The Morgan fingerprint density at radius 2 is 1.82 bits per heavy atom. The van der Waals surface area contributed by atoms with Crippen LogP contribution in [0.2, 0.25) is 0 Å². The van der Waals surface area contributed by atoms with E-state index in [-0.39, 0.29) is 11.6 Å². The standard InChI is InChI=1S/C21H22N4O3/c1-4-28-16-8-6-15(7-9-16)22-20-12-10-17(24-25-20)21(26)23-18-13-14(2)5-11-19(18)27-3/h5-13H,4H2,1-3H3,(H,22,25)(H,23,26). The molecular weight excluding hydrogens is 356 g/mol. The van der Waals surface area contributed by atoms with Crippen molar-refractivity contribution < 1.29 is 14.3 Å². The van der Waals surface area contributed by atoms with Gasteiger partial charge < -0.3 is 20.1 Å². The number of anilines is 3. The Balaban J connectivity index is 1.66. The van der Waals surface area contributed by atoms with Gasteiger partial charge in [-0.2, -0.15) is 0 Å². The zero-order chi connectivity index (χ0) is 19.9. The fourth-order valence-corrected chi connectivity index (χ4v) is 2.57. The van der Waals surface area contributed by atoms with E-state index in [0.29, 0.717) is 23.9 Å². The summed E-state index contributed by atoms with van der Waals surface area (Å²) in [6.07, 6.45) is 0. The lowest BCUT2D eigenvalue weighted by atomic mass is 10.2. The number of hydrogen-bond acceptors (Lipinski definition) is 6. The monoisotopic (exact) mass is 378 g/mol. The molecule has 0 saturated heterocycles. The van der Waals surface area contributed by atoms with Crippen LogP contribution in [0.25, 0.3) is 0 Å². The van der Waals surface area contributed by atoms with Crippen molar-refractivity contribution >= 4 is 23.1 Å². The first-order valence-electron chi connectivity index (χ1n) is 8.88. The van der Waals surface area contributed by atoms with E-state index in [1.54, 1.807) is 25.3 Å². The summed E-state index contributed by atoms with van der Waals surface area (Å²) in [6.45, 7) is 4.50. The summed E-state index contributed by atoms with van der Waals surface area (Å²) in [5, 5.41) is 14.0. The van der Waals surface area contributed by atoms with Gasteiger partial charge in [0.2, 0.25) is 0 Å². The van der Waals surface area contributed by atoms with Gasteiger partial charge in [0, 0.05) is 5.69 Å². The molecule has 0 saturated carbocycles. The summed E-state index contributed by atoms with van der Waals surface area (Å²) in [6, 6.07) is 16.4. The van der Waals surface area contributed by atoms with E-state index in [0.717, 1.165) is 17.0 Å². The largest absolute Gasteiger partial charge is 0.495 e. The molecular formula is C21H22N4O3. The fourth-order valence-electron chi connectivity index (χ4n) is 2.57. The molecule has 0 aliphatic rings. The molecule has 7 nitrogen and oxygen atoms in total. The van der Waals surface area contributed by atoms with Gasteiger partial charge in [-0.25, -0.2) is 0 Å². The van der Waals surface area contributed by atoms with Crippen molar-refractivity contribution in [2.75, 3.05) is 24.4 Å². The van der Waals surface area contributed by atoms with Crippen LogP contribution in [0.4, 0.5) is 17.2 Å². The van der Waals surface area contributed by atoms with Gasteiger partial charge in [-0.1, -0.05) is 6.07 Å². The van der Waals surface area contributed by atoms with Gasteiger partial charge in [0.1, 0.15) is 11.5 Å². The van der Waals surface area contributed by atoms with Crippen molar-refractivity contribution in [2.24, 2.45) is 0 Å². The fraction of sp³-hybridized carbons (Fsp3) is 0.190. The van der Waals surface area contributed by atoms with Gasteiger partial charge >= 0.3 is 0 Å². The van der Waals surface area contributed by atoms with Crippen molar-refractivity contribution in [1.29, 1.82) is 0 Å². The number of carbonyl (C=O) groups excluding carboxylic acids is 1. The maximum atomic E-state index is 12.5. The number of benzene rings is 2. The van der Waals surface area contributed by atoms with E-state index in [1.165, 1.54) is 0 Å².